The number of methoxy groups -OCH3 is 1. The molecule has 5 nitrogen and oxygen atoms in total. The van der Waals surface area contributed by atoms with E-state index in [2.05, 4.69) is 21.9 Å². The van der Waals surface area contributed by atoms with E-state index in [-0.39, 0.29) is 17.8 Å². The topological polar surface area (TPSA) is 59.6 Å². The maximum atomic E-state index is 13.1. The van der Waals surface area contributed by atoms with Crippen molar-refractivity contribution in [2.75, 3.05) is 7.11 Å². The lowest BCUT2D eigenvalue weighted by Gasteiger charge is -2.46. The van der Waals surface area contributed by atoms with E-state index in [1.807, 2.05) is 0 Å². The molecule has 0 aromatic heterocycles. The Bertz CT molecular complexity index is 800. The van der Waals surface area contributed by atoms with Gasteiger partial charge in [-0.2, -0.15) is 0 Å². The molecule has 2 aliphatic carbocycles. The zero-order valence-electron chi connectivity index (χ0n) is 14.9. The van der Waals surface area contributed by atoms with Crippen molar-refractivity contribution in [2.45, 2.75) is 50.1 Å². The molecular formula is C19H21F3N2O3. The van der Waals surface area contributed by atoms with Crippen LogP contribution >= 0.6 is 0 Å². The number of hydrogen-bond acceptors (Lipinski definition) is 4. The van der Waals surface area contributed by atoms with Gasteiger partial charge >= 0.3 is 6.36 Å². The second-order valence-electron chi connectivity index (χ2n) is 7.57. The summed E-state index contributed by atoms with van der Waals surface area (Å²) < 4.78 is 47.6. The predicted octanol–water partition coefficient (Wildman–Crippen LogP) is 3.10. The lowest BCUT2D eigenvalue weighted by molar-refractivity contribution is -0.274. The van der Waals surface area contributed by atoms with Crippen molar-refractivity contribution >= 4 is 5.91 Å². The van der Waals surface area contributed by atoms with Crippen molar-refractivity contribution in [2.24, 2.45) is 5.41 Å². The maximum absolute atomic E-state index is 13.1. The van der Waals surface area contributed by atoms with Gasteiger partial charge in [0.25, 0.3) is 5.91 Å². The highest BCUT2D eigenvalue weighted by molar-refractivity contribution is 5.94. The highest BCUT2D eigenvalue weighted by Gasteiger charge is 2.65. The summed E-state index contributed by atoms with van der Waals surface area (Å²) >= 11 is 0. The Hall–Kier alpha value is -2.22. The number of rotatable bonds is 2. The molecule has 27 heavy (non-hydrogen) atoms. The Morgan fingerprint density at radius 2 is 1.96 bits per heavy atom. The highest BCUT2D eigenvalue weighted by atomic mass is 19.4. The van der Waals surface area contributed by atoms with E-state index in [4.69, 9.17) is 4.74 Å². The Balaban J connectivity index is 1.80. The SMILES string of the molecule is C=C1NC(=O)C2(N1)c1cc(OC(F)(F)F)ccc1CC21CCC(OC)CC1. The molecule has 146 valence electrons. The molecule has 8 heteroatoms. The lowest BCUT2D eigenvalue weighted by Crippen LogP contribution is -2.56. The Morgan fingerprint density at radius 3 is 2.52 bits per heavy atom. The van der Waals surface area contributed by atoms with Gasteiger partial charge in [0, 0.05) is 12.5 Å². The molecule has 1 aromatic carbocycles. The zero-order valence-corrected chi connectivity index (χ0v) is 14.9. The number of alkyl halides is 3. The number of fused-ring (bicyclic) bond motifs is 3. The molecule has 0 bridgehead atoms. The summed E-state index contributed by atoms with van der Waals surface area (Å²) in [6.07, 6.45) is -1.01. The number of hydrogen-bond donors (Lipinski definition) is 2. The van der Waals surface area contributed by atoms with Crippen molar-refractivity contribution in [3.8, 4) is 5.75 Å². The first-order chi connectivity index (χ1) is 12.7. The van der Waals surface area contributed by atoms with Crippen molar-refractivity contribution in [1.29, 1.82) is 0 Å². The van der Waals surface area contributed by atoms with Crippen molar-refractivity contribution in [1.82, 2.24) is 10.6 Å². The number of amides is 1. The van der Waals surface area contributed by atoms with E-state index >= 15 is 0 Å². The van der Waals surface area contributed by atoms with Crippen LogP contribution in [0.4, 0.5) is 13.2 Å². The van der Waals surface area contributed by atoms with Crippen LogP contribution in [0, 0.1) is 5.41 Å². The van der Waals surface area contributed by atoms with Gasteiger partial charge in [-0.25, -0.2) is 0 Å². The summed E-state index contributed by atoms with van der Waals surface area (Å²) in [5, 5.41) is 5.90. The van der Waals surface area contributed by atoms with Gasteiger partial charge in [0.05, 0.1) is 11.9 Å². The van der Waals surface area contributed by atoms with E-state index in [9.17, 15) is 18.0 Å². The van der Waals surface area contributed by atoms with Crippen LogP contribution in [0.5, 0.6) is 5.75 Å². The minimum absolute atomic E-state index is 0.133. The van der Waals surface area contributed by atoms with Crippen molar-refractivity contribution in [3.63, 3.8) is 0 Å². The summed E-state index contributed by atoms with van der Waals surface area (Å²) in [4.78, 5) is 13.1. The monoisotopic (exact) mass is 382 g/mol. The lowest BCUT2D eigenvalue weighted by atomic mass is 9.61. The molecule has 2 fully saturated rings. The van der Waals surface area contributed by atoms with E-state index < -0.39 is 17.3 Å². The van der Waals surface area contributed by atoms with Crippen LogP contribution in [0.1, 0.15) is 36.8 Å². The van der Waals surface area contributed by atoms with Gasteiger partial charge in [0.15, 0.2) is 0 Å². The Labute approximate surface area is 154 Å². The van der Waals surface area contributed by atoms with Crippen molar-refractivity contribution in [3.05, 3.63) is 41.7 Å². The highest BCUT2D eigenvalue weighted by Crippen LogP contribution is 2.59. The molecule has 1 aromatic rings. The number of nitrogens with one attached hydrogen (secondary N) is 2. The quantitative estimate of drug-likeness (QED) is 0.825. The van der Waals surface area contributed by atoms with Gasteiger partial charge in [0.2, 0.25) is 0 Å². The third kappa shape index (κ3) is 2.69. The molecule has 1 atom stereocenters. The molecule has 1 saturated carbocycles. The molecule has 2 spiro atoms. The number of halogens is 3. The fourth-order valence-corrected chi connectivity index (χ4v) is 5.08. The van der Waals surface area contributed by atoms with Crippen LogP contribution in [0.3, 0.4) is 0 Å². The first kappa shape index (κ1) is 18.2. The normalized spacial score (nSPS) is 32.5. The van der Waals surface area contributed by atoms with Crippen LogP contribution in [0.25, 0.3) is 0 Å². The molecule has 3 aliphatic rings. The number of carbonyl (C=O) groups is 1. The van der Waals surface area contributed by atoms with Gasteiger partial charge in [-0.1, -0.05) is 12.6 Å². The average molecular weight is 382 g/mol. The summed E-state index contributed by atoms with van der Waals surface area (Å²) in [6.45, 7) is 3.81. The molecule has 1 saturated heterocycles. The van der Waals surface area contributed by atoms with Crippen LogP contribution in [-0.4, -0.2) is 25.5 Å². The van der Waals surface area contributed by atoms with Crippen LogP contribution < -0.4 is 15.4 Å². The van der Waals surface area contributed by atoms with Crippen molar-refractivity contribution < 1.29 is 27.4 Å². The molecule has 4 rings (SSSR count). The maximum Gasteiger partial charge on any atom is 0.573 e. The van der Waals surface area contributed by atoms with Gasteiger partial charge < -0.3 is 20.1 Å². The second-order valence-corrected chi connectivity index (χ2v) is 7.57. The summed E-state index contributed by atoms with van der Waals surface area (Å²) in [5.41, 5.74) is -0.178. The molecular weight excluding hydrogens is 361 g/mol. The summed E-state index contributed by atoms with van der Waals surface area (Å²) in [7, 11) is 1.67. The first-order valence-corrected chi connectivity index (χ1v) is 8.90. The van der Waals surface area contributed by atoms with E-state index in [0.717, 1.165) is 31.2 Å². The number of benzene rings is 1. The van der Waals surface area contributed by atoms with Gasteiger partial charge in [-0.05, 0) is 55.4 Å². The molecule has 1 unspecified atom stereocenters. The third-order valence-corrected chi connectivity index (χ3v) is 6.21. The fourth-order valence-electron chi connectivity index (χ4n) is 5.08. The molecule has 1 amide bonds. The largest absolute Gasteiger partial charge is 0.573 e. The summed E-state index contributed by atoms with van der Waals surface area (Å²) in [5.74, 6) is -0.232. The van der Waals surface area contributed by atoms with E-state index in [0.29, 0.717) is 17.8 Å². The fraction of sp³-hybridized carbons (Fsp3) is 0.526. The Morgan fingerprint density at radius 1 is 1.26 bits per heavy atom. The van der Waals surface area contributed by atoms with Crippen LogP contribution in [0.2, 0.25) is 0 Å². The van der Waals surface area contributed by atoms with Gasteiger partial charge in [-0.3, -0.25) is 4.79 Å². The molecule has 1 aliphatic heterocycles. The second kappa shape index (κ2) is 5.89. The smallest absolute Gasteiger partial charge is 0.406 e. The van der Waals surface area contributed by atoms with Gasteiger partial charge in [-0.15, -0.1) is 13.2 Å². The van der Waals surface area contributed by atoms with E-state index in [1.165, 1.54) is 12.1 Å². The minimum atomic E-state index is -4.79. The first-order valence-electron chi connectivity index (χ1n) is 8.90. The molecule has 1 heterocycles. The third-order valence-electron chi connectivity index (χ3n) is 6.21. The van der Waals surface area contributed by atoms with Gasteiger partial charge in [0.1, 0.15) is 11.3 Å². The van der Waals surface area contributed by atoms with Crippen LogP contribution in [0.15, 0.2) is 30.6 Å². The predicted molar refractivity (Wildman–Crippen MR) is 90.6 cm³/mol. The van der Waals surface area contributed by atoms with Crippen LogP contribution in [-0.2, 0) is 21.5 Å². The Kier molecular flexibility index (Phi) is 3.96. The molecule has 0 radical (unpaired) electrons. The number of ether oxygens (including phenoxy) is 2. The average Bonchev–Trinajstić information content (AvgIpc) is 3.03. The minimum Gasteiger partial charge on any atom is -0.406 e. The van der Waals surface area contributed by atoms with E-state index in [1.54, 1.807) is 13.2 Å². The zero-order chi connectivity index (χ0) is 19.4. The summed E-state index contributed by atoms with van der Waals surface area (Å²) in [6, 6.07) is 4.28. The number of carbonyl (C=O) groups excluding carboxylic acids is 1. The molecule has 2 N–H and O–H groups in total. The standard InChI is InChI=1S/C19H21F3N2O3/c1-11-23-16(25)18(24-11)15-9-14(27-19(20,21)22)4-3-12(15)10-17(18)7-5-13(26-2)6-8-17/h3-4,9,13,24H,1,5-8,10H2,2H3,(H,23,25).